The standard InChI is InChI=1S/C16H26N2O3S.ClH/c1-13(2)8-11-21-15-4-6-16(7-5-15)22(19,20)18-10-9-17-12-14(18)3;/h4-7,13-14,17H,8-12H2,1-3H3;1H. The van der Waals surface area contributed by atoms with E-state index < -0.39 is 10.0 Å². The van der Waals surface area contributed by atoms with Crippen LogP contribution in [0.2, 0.25) is 0 Å². The van der Waals surface area contributed by atoms with Crippen molar-refractivity contribution in [1.82, 2.24) is 9.62 Å². The van der Waals surface area contributed by atoms with E-state index in [9.17, 15) is 8.42 Å². The van der Waals surface area contributed by atoms with Crippen LogP contribution >= 0.6 is 12.4 Å². The number of rotatable bonds is 6. The number of nitrogens with one attached hydrogen (secondary N) is 1. The molecule has 1 aliphatic heterocycles. The summed E-state index contributed by atoms with van der Waals surface area (Å²) in [6, 6.07) is 6.71. The summed E-state index contributed by atoms with van der Waals surface area (Å²) in [5, 5.41) is 3.20. The minimum absolute atomic E-state index is 0. The highest BCUT2D eigenvalue weighted by Crippen LogP contribution is 2.22. The van der Waals surface area contributed by atoms with Gasteiger partial charge in [0.05, 0.1) is 11.5 Å². The first-order valence-corrected chi connectivity index (χ1v) is 9.30. The molecule has 0 bridgehead atoms. The molecule has 2 rings (SSSR count). The van der Waals surface area contributed by atoms with Crippen LogP contribution in [0.25, 0.3) is 0 Å². The number of hydrogen-bond donors (Lipinski definition) is 1. The van der Waals surface area contributed by atoms with E-state index in [1.54, 1.807) is 28.6 Å². The van der Waals surface area contributed by atoms with Crippen molar-refractivity contribution >= 4 is 22.4 Å². The zero-order valence-corrected chi connectivity index (χ0v) is 15.6. The van der Waals surface area contributed by atoms with Gasteiger partial charge in [-0.05, 0) is 43.5 Å². The number of sulfonamides is 1. The Balaban J connectivity index is 0.00000264. The number of hydrogen-bond acceptors (Lipinski definition) is 4. The van der Waals surface area contributed by atoms with Gasteiger partial charge < -0.3 is 10.1 Å². The Hall–Kier alpha value is -0.820. The second kappa shape index (κ2) is 8.87. The van der Waals surface area contributed by atoms with Gasteiger partial charge in [-0.1, -0.05) is 13.8 Å². The fourth-order valence-corrected chi connectivity index (χ4v) is 4.07. The molecule has 1 heterocycles. The molecule has 1 unspecified atom stereocenters. The summed E-state index contributed by atoms with van der Waals surface area (Å²) < 4.78 is 32.5. The van der Waals surface area contributed by atoms with Crippen LogP contribution in [0.3, 0.4) is 0 Å². The quantitative estimate of drug-likeness (QED) is 0.844. The monoisotopic (exact) mass is 362 g/mol. The molecule has 0 spiro atoms. The Labute approximate surface area is 145 Å². The topological polar surface area (TPSA) is 58.6 Å². The van der Waals surface area contributed by atoms with Gasteiger partial charge in [-0.25, -0.2) is 8.42 Å². The van der Waals surface area contributed by atoms with Gasteiger partial charge in [0.25, 0.3) is 0 Å². The molecule has 1 aliphatic rings. The maximum atomic E-state index is 12.7. The van der Waals surface area contributed by atoms with Crippen molar-refractivity contribution in [3.8, 4) is 5.75 Å². The molecule has 1 fully saturated rings. The van der Waals surface area contributed by atoms with Crippen molar-refractivity contribution in [2.24, 2.45) is 5.92 Å². The van der Waals surface area contributed by atoms with Crippen LogP contribution in [0.4, 0.5) is 0 Å². The normalized spacial score (nSPS) is 19.4. The second-order valence-corrected chi connectivity index (χ2v) is 8.06. The third kappa shape index (κ3) is 5.35. The third-order valence-corrected chi connectivity index (χ3v) is 5.86. The number of halogens is 1. The zero-order chi connectivity index (χ0) is 16.2. The highest BCUT2D eigenvalue weighted by Gasteiger charge is 2.30. The molecular formula is C16H27ClN2O3S. The maximum Gasteiger partial charge on any atom is 0.243 e. The number of piperazine rings is 1. The predicted molar refractivity (Wildman–Crippen MR) is 94.9 cm³/mol. The summed E-state index contributed by atoms with van der Waals surface area (Å²) in [5.74, 6) is 1.31. The van der Waals surface area contributed by atoms with Gasteiger partial charge in [0.15, 0.2) is 0 Å². The molecule has 23 heavy (non-hydrogen) atoms. The van der Waals surface area contributed by atoms with Gasteiger partial charge in [0.1, 0.15) is 5.75 Å². The number of nitrogens with zero attached hydrogens (tertiary/aromatic N) is 1. The van der Waals surface area contributed by atoms with Crippen molar-refractivity contribution in [2.75, 3.05) is 26.2 Å². The van der Waals surface area contributed by atoms with Crippen molar-refractivity contribution in [2.45, 2.75) is 38.1 Å². The lowest BCUT2D eigenvalue weighted by Crippen LogP contribution is -2.52. The van der Waals surface area contributed by atoms with Crippen LogP contribution in [-0.2, 0) is 10.0 Å². The van der Waals surface area contributed by atoms with Gasteiger partial charge in [-0.2, -0.15) is 4.31 Å². The second-order valence-electron chi connectivity index (χ2n) is 6.17. The van der Waals surface area contributed by atoms with E-state index in [-0.39, 0.29) is 18.4 Å². The van der Waals surface area contributed by atoms with Crippen LogP contribution in [0, 0.1) is 5.92 Å². The smallest absolute Gasteiger partial charge is 0.243 e. The molecule has 0 saturated carbocycles. The molecule has 1 aromatic rings. The highest BCUT2D eigenvalue weighted by molar-refractivity contribution is 7.89. The van der Waals surface area contributed by atoms with E-state index in [0.29, 0.717) is 42.8 Å². The summed E-state index contributed by atoms with van der Waals surface area (Å²) in [5.41, 5.74) is 0. The van der Waals surface area contributed by atoms with Crippen LogP contribution in [0.1, 0.15) is 27.2 Å². The fraction of sp³-hybridized carbons (Fsp3) is 0.625. The lowest BCUT2D eigenvalue weighted by molar-refractivity contribution is 0.283. The molecule has 1 saturated heterocycles. The predicted octanol–water partition coefficient (Wildman–Crippen LogP) is 2.52. The Bertz CT molecular complexity index is 575. The number of ether oxygens (including phenoxy) is 1. The van der Waals surface area contributed by atoms with Crippen LogP contribution < -0.4 is 10.1 Å². The van der Waals surface area contributed by atoms with E-state index in [1.807, 2.05) is 6.92 Å². The Morgan fingerprint density at radius 1 is 1.30 bits per heavy atom. The Kier molecular flexibility index (Phi) is 7.80. The van der Waals surface area contributed by atoms with Crippen molar-refractivity contribution in [3.63, 3.8) is 0 Å². The average molecular weight is 363 g/mol. The molecule has 1 atom stereocenters. The Morgan fingerprint density at radius 2 is 1.96 bits per heavy atom. The molecule has 7 heteroatoms. The average Bonchev–Trinajstić information content (AvgIpc) is 2.47. The maximum absolute atomic E-state index is 12.7. The first-order chi connectivity index (χ1) is 10.4. The Morgan fingerprint density at radius 3 is 2.52 bits per heavy atom. The van der Waals surface area contributed by atoms with Gasteiger partial charge in [0, 0.05) is 25.7 Å². The SMILES string of the molecule is CC(C)CCOc1ccc(S(=O)(=O)N2CCNCC2C)cc1.Cl. The minimum atomic E-state index is -3.42. The summed E-state index contributed by atoms with van der Waals surface area (Å²) in [7, 11) is -3.42. The van der Waals surface area contributed by atoms with E-state index >= 15 is 0 Å². The molecule has 1 aromatic carbocycles. The molecule has 1 N–H and O–H groups in total. The summed E-state index contributed by atoms with van der Waals surface area (Å²) >= 11 is 0. The van der Waals surface area contributed by atoms with Crippen molar-refractivity contribution in [1.29, 1.82) is 0 Å². The molecule has 0 amide bonds. The van der Waals surface area contributed by atoms with Crippen LogP contribution in [-0.4, -0.2) is 45.0 Å². The summed E-state index contributed by atoms with van der Waals surface area (Å²) in [6.45, 7) is 8.76. The zero-order valence-electron chi connectivity index (χ0n) is 14.0. The first-order valence-electron chi connectivity index (χ1n) is 7.86. The lowest BCUT2D eigenvalue weighted by atomic mass is 10.1. The fourth-order valence-electron chi connectivity index (χ4n) is 2.44. The molecule has 132 valence electrons. The van der Waals surface area contributed by atoms with E-state index in [2.05, 4.69) is 19.2 Å². The van der Waals surface area contributed by atoms with Crippen LogP contribution in [0.15, 0.2) is 29.2 Å². The van der Waals surface area contributed by atoms with Crippen molar-refractivity contribution in [3.05, 3.63) is 24.3 Å². The highest BCUT2D eigenvalue weighted by atomic mass is 35.5. The largest absolute Gasteiger partial charge is 0.494 e. The molecular weight excluding hydrogens is 336 g/mol. The van der Waals surface area contributed by atoms with E-state index in [0.717, 1.165) is 6.42 Å². The van der Waals surface area contributed by atoms with E-state index in [1.165, 1.54) is 0 Å². The third-order valence-electron chi connectivity index (χ3n) is 3.83. The van der Waals surface area contributed by atoms with Crippen LogP contribution in [0.5, 0.6) is 5.75 Å². The van der Waals surface area contributed by atoms with Gasteiger partial charge in [-0.3, -0.25) is 0 Å². The number of benzene rings is 1. The van der Waals surface area contributed by atoms with E-state index in [4.69, 9.17) is 4.74 Å². The molecule has 5 nitrogen and oxygen atoms in total. The summed E-state index contributed by atoms with van der Waals surface area (Å²) in [6.07, 6.45) is 0.984. The van der Waals surface area contributed by atoms with Gasteiger partial charge in [0.2, 0.25) is 10.0 Å². The van der Waals surface area contributed by atoms with Gasteiger partial charge >= 0.3 is 0 Å². The van der Waals surface area contributed by atoms with Gasteiger partial charge in [-0.15, -0.1) is 12.4 Å². The van der Waals surface area contributed by atoms with Crippen molar-refractivity contribution < 1.29 is 13.2 Å². The molecule has 0 aliphatic carbocycles. The lowest BCUT2D eigenvalue weighted by Gasteiger charge is -2.32. The summed E-state index contributed by atoms with van der Waals surface area (Å²) in [4.78, 5) is 0.331. The molecule has 0 aromatic heterocycles. The molecule has 0 radical (unpaired) electrons. The minimum Gasteiger partial charge on any atom is -0.494 e. The first kappa shape index (κ1) is 20.2.